The number of hydrogen-bond donors (Lipinski definition) is 1. The Labute approximate surface area is 232 Å². The predicted octanol–water partition coefficient (Wildman–Crippen LogP) is 5.34. The molecule has 0 radical (unpaired) electrons. The molecule has 2 aliphatic rings. The van der Waals surface area contributed by atoms with Gasteiger partial charge >= 0.3 is 6.18 Å². The third-order valence-corrected chi connectivity index (χ3v) is 8.95. The van der Waals surface area contributed by atoms with Crippen LogP contribution < -0.4 is 4.90 Å². The van der Waals surface area contributed by atoms with Crippen molar-refractivity contribution in [2.24, 2.45) is 11.3 Å². The third-order valence-electron chi connectivity index (χ3n) is 8.64. The van der Waals surface area contributed by atoms with Gasteiger partial charge in [-0.2, -0.15) is 13.2 Å². The average molecular weight is 566 g/mol. The number of anilines is 1. The van der Waals surface area contributed by atoms with Crippen molar-refractivity contribution in [3.8, 4) is 0 Å². The minimum atomic E-state index is -5.15. The molecule has 4 rings (SSSR count). The van der Waals surface area contributed by atoms with E-state index in [4.69, 9.17) is 11.6 Å². The summed E-state index contributed by atoms with van der Waals surface area (Å²) in [5, 5.41) is 11.0. The van der Waals surface area contributed by atoms with E-state index in [0.29, 0.717) is 22.9 Å². The van der Waals surface area contributed by atoms with Gasteiger partial charge in [0.15, 0.2) is 0 Å². The summed E-state index contributed by atoms with van der Waals surface area (Å²) in [4.78, 5) is 30.0. The monoisotopic (exact) mass is 565 g/mol. The lowest BCUT2D eigenvalue weighted by molar-refractivity contribution is -0.261. The summed E-state index contributed by atoms with van der Waals surface area (Å²) in [6, 6.07) is 12.0. The predicted molar refractivity (Wildman–Crippen MR) is 145 cm³/mol. The van der Waals surface area contributed by atoms with Crippen molar-refractivity contribution in [3.05, 3.63) is 64.7 Å². The second kappa shape index (κ2) is 11.0. The van der Waals surface area contributed by atoms with Gasteiger partial charge in [-0.05, 0) is 61.6 Å². The quantitative estimate of drug-likeness (QED) is 0.492. The molecular weight excluding hydrogens is 531 g/mol. The number of amides is 2. The van der Waals surface area contributed by atoms with Gasteiger partial charge in [0.1, 0.15) is 0 Å². The van der Waals surface area contributed by atoms with Crippen LogP contribution in [-0.4, -0.2) is 73.7 Å². The Balaban J connectivity index is 1.36. The van der Waals surface area contributed by atoms with Crippen molar-refractivity contribution in [2.75, 3.05) is 45.7 Å². The summed E-state index contributed by atoms with van der Waals surface area (Å²) >= 11 is 6.41. The normalized spacial score (nSPS) is 20.2. The first-order chi connectivity index (χ1) is 18.3. The highest BCUT2D eigenvalue weighted by Crippen LogP contribution is 2.55. The Hall–Kier alpha value is -2.78. The largest absolute Gasteiger partial charge is 0.430 e. The lowest BCUT2D eigenvalue weighted by Crippen LogP contribution is -2.55. The Morgan fingerprint density at radius 1 is 1.05 bits per heavy atom. The number of piperidine rings is 1. The maximum atomic E-state index is 13.9. The number of rotatable bonds is 7. The first-order valence-corrected chi connectivity index (χ1v) is 13.5. The summed E-state index contributed by atoms with van der Waals surface area (Å²) in [6.07, 6.45) is -0.680. The summed E-state index contributed by atoms with van der Waals surface area (Å²) in [6.45, 7) is 1.76. The van der Waals surface area contributed by atoms with Crippen LogP contribution in [0.5, 0.6) is 0 Å². The molecule has 2 aromatic carbocycles. The standard InChI is InChI=1S/C29H35ClF3N3O3/c1-34(2)25(37)23-10-9-22(19-24(23)30)36-17-14-27(15-18-36)13-11-20(27)12-16-35(3)26(38)28(39,29(31,32)33)21-7-5-4-6-8-21/h4-10,19-20,39H,11-18H2,1-3H3. The van der Waals surface area contributed by atoms with E-state index in [1.54, 1.807) is 20.2 Å². The summed E-state index contributed by atoms with van der Waals surface area (Å²) < 4.78 is 41.8. The number of hydrogen-bond acceptors (Lipinski definition) is 4. The summed E-state index contributed by atoms with van der Waals surface area (Å²) in [7, 11) is 4.68. The number of likely N-dealkylation sites (N-methyl/N-ethyl adjacent to an activating group) is 1. The first-order valence-electron chi connectivity index (χ1n) is 13.2. The molecule has 1 N–H and O–H groups in total. The minimum absolute atomic E-state index is 0.102. The zero-order valence-electron chi connectivity index (χ0n) is 22.5. The lowest BCUT2D eigenvalue weighted by Gasteiger charge is -2.55. The number of halogens is 4. The Kier molecular flexibility index (Phi) is 8.24. The van der Waals surface area contributed by atoms with Crippen LogP contribution in [0, 0.1) is 11.3 Å². The van der Waals surface area contributed by atoms with Crippen LogP contribution in [0.2, 0.25) is 5.02 Å². The maximum absolute atomic E-state index is 13.9. The zero-order valence-corrected chi connectivity index (χ0v) is 23.2. The van der Waals surface area contributed by atoms with Gasteiger partial charge in [0.2, 0.25) is 0 Å². The topological polar surface area (TPSA) is 64.1 Å². The van der Waals surface area contributed by atoms with Crippen LogP contribution in [0.1, 0.15) is 48.0 Å². The van der Waals surface area contributed by atoms with Gasteiger partial charge in [-0.1, -0.05) is 41.9 Å². The smallest absolute Gasteiger partial charge is 0.371 e. The van der Waals surface area contributed by atoms with Gasteiger partial charge in [-0.3, -0.25) is 9.59 Å². The van der Waals surface area contributed by atoms with Crippen molar-refractivity contribution in [3.63, 3.8) is 0 Å². The highest BCUT2D eigenvalue weighted by molar-refractivity contribution is 6.34. The van der Waals surface area contributed by atoms with Gasteiger partial charge < -0.3 is 19.8 Å². The highest BCUT2D eigenvalue weighted by atomic mass is 35.5. The number of carbonyl (C=O) groups excluding carboxylic acids is 2. The second-order valence-electron chi connectivity index (χ2n) is 11.0. The van der Waals surface area contributed by atoms with Crippen molar-refractivity contribution in [1.82, 2.24) is 9.80 Å². The summed E-state index contributed by atoms with van der Waals surface area (Å²) in [5.74, 6) is -1.21. The van der Waals surface area contributed by atoms with Gasteiger partial charge in [0.25, 0.3) is 17.4 Å². The Morgan fingerprint density at radius 3 is 2.21 bits per heavy atom. The lowest BCUT2D eigenvalue weighted by atomic mass is 9.54. The molecule has 0 aromatic heterocycles. The van der Waals surface area contributed by atoms with Crippen LogP contribution in [0.3, 0.4) is 0 Å². The maximum Gasteiger partial charge on any atom is 0.430 e. The number of benzene rings is 2. The van der Waals surface area contributed by atoms with E-state index < -0.39 is 23.2 Å². The van der Waals surface area contributed by atoms with Crippen LogP contribution >= 0.6 is 11.6 Å². The zero-order chi connectivity index (χ0) is 28.6. The van der Waals surface area contributed by atoms with E-state index >= 15 is 0 Å². The van der Waals surface area contributed by atoms with Crippen molar-refractivity contribution < 1.29 is 27.9 Å². The van der Waals surface area contributed by atoms with E-state index in [9.17, 15) is 27.9 Å². The number of aliphatic hydroxyl groups is 1. The first kappa shape index (κ1) is 29.2. The van der Waals surface area contributed by atoms with Gasteiger partial charge in [-0.25, -0.2) is 0 Å². The fourth-order valence-corrected chi connectivity index (χ4v) is 6.26. The summed E-state index contributed by atoms with van der Waals surface area (Å²) in [5.41, 5.74) is -2.55. The Morgan fingerprint density at radius 2 is 1.69 bits per heavy atom. The molecule has 2 aromatic rings. The van der Waals surface area contributed by atoms with Crippen LogP contribution in [0.25, 0.3) is 0 Å². The van der Waals surface area contributed by atoms with E-state index in [-0.39, 0.29) is 17.9 Å². The number of carbonyl (C=O) groups is 2. The fraction of sp³-hybridized carbons (Fsp3) is 0.517. The molecule has 0 bridgehead atoms. The molecule has 1 heterocycles. The molecule has 1 aliphatic heterocycles. The van der Waals surface area contributed by atoms with Crippen LogP contribution in [0.15, 0.2) is 48.5 Å². The van der Waals surface area contributed by atoms with Gasteiger partial charge in [0.05, 0.1) is 10.6 Å². The molecule has 2 fully saturated rings. The van der Waals surface area contributed by atoms with Gasteiger partial charge in [0, 0.05) is 52.0 Å². The molecule has 2 unspecified atom stereocenters. The molecule has 212 valence electrons. The van der Waals surface area contributed by atoms with Crippen LogP contribution in [0.4, 0.5) is 18.9 Å². The molecule has 1 spiro atoms. The highest BCUT2D eigenvalue weighted by Gasteiger charge is 2.61. The minimum Gasteiger partial charge on any atom is -0.371 e. The molecule has 1 saturated carbocycles. The van der Waals surface area contributed by atoms with Crippen molar-refractivity contribution in [2.45, 2.75) is 43.9 Å². The van der Waals surface area contributed by atoms with E-state index in [1.165, 1.54) is 30.1 Å². The number of nitrogens with zero attached hydrogens (tertiary/aromatic N) is 3. The Bertz CT molecular complexity index is 1200. The molecule has 39 heavy (non-hydrogen) atoms. The van der Waals surface area contributed by atoms with Gasteiger partial charge in [-0.15, -0.1) is 0 Å². The SMILES string of the molecule is CN(C)C(=O)c1ccc(N2CCC3(CCC3CCN(C)C(=O)C(O)(c3ccccc3)C(F)(F)F)CC2)cc1Cl. The van der Waals surface area contributed by atoms with Crippen LogP contribution in [-0.2, 0) is 10.4 Å². The van der Waals surface area contributed by atoms with Crippen molar-refractivity contribution in [1.29, 1.82) is 0 Å². The number of alkyl halides is 3. The molecule has 10 heteroatoms. The van der Waals surface area contributed by atoms with E-state index in [2.05, 4.69) is 4.90 Å². The van der Waals surface area contributed by atoms with E-state index in [1.807, 2.05) is 12.1 Å². The molecule has 2 amide bonds. The van der Waals surface area contributed by atoms with E-state index in [0.717, 1.165) is 61.5 Å². The molecule has 1 aliphatic carbocycles. The molecule has 6 nitrogen and oxygen atoms in total. The average Bonchev–Trinajstić information content (AvgIpc) is 2.91. The fourth-order valence-electron chi connectivity index (χ4n) is 6.01. The third kappa shape index (κ3) is 5.48. The van der Waals surface area contributed by atoms with Crippen molar-refractivity contribution >= 4 is 29.1 Å². The molecular formula is C29H35ClF3N3O3. The molecule has 1 saturated heterocycles. The second-order valence-corrected chi connectivity index (χ2v) is 11.4. The molecule has 2 atom stereocenters.